The number of likely N-dealkylation sites (tertiary alicyclic amines) is 1. The van der Waals surface area contributed by atoms with Crippen molar-refractivity contribution in [2.24, 2.45) is 5.92 Å². The third-order valence-electron chi connectivity index (χ3n) is 5.05. The molecular weight excluding hydrogens is 308 g/mol. The van der Waals surface area contributed by atoms with E-state index < -0.39 is 0 Å². The van der Waals surface area contributed by atoms with Crippen LogP contribution in [-0.4, -0.2) is 58.5 Å². The molecule has 2 atom stereocenters. The molecule has 126 valence electrons. The van der Waals surface area contributed by atoms with E-state index in [1.165, 1.54) is 6.92 Å². The van der Waals surface area contributed by atoms with Gasteiger partial charge in [-0.3, -0.25) is 9.59 Å². The fraction of sp³-hybridized carbons (Fsp3) is 0.471. The predicted molar refractivity (Wildman–Crippen MR) is 87.5 cm³/mol. The van der Waals surface area contributed by atoms with Gasteiger partial charge in [0.15, 0.2) is 0 Å². The highest BCUT2D eigenvalue weighted by atomic mass is 16.5. The summed E-state index contributed by atoms with van der Waals surface area (Å²) in [5, 5.41) is 4.06. The zero-order valence-electron chi connectivity index (χ0n) is 13.5. The zero-order chi connectivity index (χ0) is 16.7. The summed E-state index contributed by atoms with van der Waals surface area (Å²) < 4.78 is 5.56. The second-order valence-electron chi connectivity index (χ2n) is 6.66. The number of amides is 2. The van der Waals surface area contributed by atoms with Gasteiger partial charge in [-0.05, 0) is 24.6 Å². The van der Waals surface area contributed by atoms with Gasteiger partial charge in [-0.2, -0.15) is 0 Å². The standard InChI is InChI=1S/C17H20N4O3/c1-11(22)20-17-5-7-24-9-13(17)8-21(10-17)16(23)14-3-2-12-4-6-18-15(12)19-14/h2-4,6,13H,5,7-10H2,1H3,(H,18,19)(H,20,22). The molecule has 0 spiro atoms. The lowest BCUT2D eigenvalue weighted by Crippen LogP contribution is -2.57. The third kappa shape index (κ3) is 2.45. The van der Waals surface area contributed by atoms with Crippen molar-refractivity contribution in [3.63, 3.8) is 0 Å². The summed E-state index contributed by atoms with van der Waals surface area (Å²) in [4.78, 5) is 33.8. The average molecular weight is 328 g/mol. The molecule has 0 bridgehead atoms. The minimum atomic E-state index is -0.379. The number of aromatic nitrogens is 2. The molecule has 2 aliphatic rings. The maximum atomic E-state index is 12.9. The van der Waals surface area contributed by atoms with E-state index in [-0.39, 0.29) is 23.3 Å². The van der Waals surface area contributed by atoms with E-state index in [0.29, 0.717) is 37.6 Å². The van der Waals surface area contributed by atoms with E-state index in [4.69, 9.17) is 4.74 Å². The monoisotopic (exact) mass is 328 g/mol. The molecule has 0 saturated carbocycles. The fourth-order valence-electron chi connectivity index (χ4n) is 3.87. The molecule has 2 N–H and O–H groups in total. The van der Waals surface area contributed by atoms with Crippen LogP contribution in [0.5, 0.6) is 0 Å². The molecule has 2 unspecified atom stereocenters. The number of nitrogens with zero attached hydrogens (tertiary/aromatic N) is 2. The number of carbonyl (C=O) groups excluding carboxylic acids is 2. The molecule has 0 radical (unpaired) electrons. The second-order valence-corrected chi connectivity index (χ2v) is 6.66. The minimum Gasteiger partial charge on any atom is -0.381 e. The van der Waals surface area contributed by atoms with E-state index >= 15 is 0 Å². The number of carbonyl (C=O) groups is 2. The number of pyridine rings is 1. The van der Waals surface area contributed by atoms with Crippen molar-refractivity contribution in [1.29, 1.82) is 0 Å². The van der Waals surface area contributed by atoms with Crippen molar-refractivity contribution in [1.82, 2.24) is 20.2 Å². The molecule has 2 aliphatic heterocycles. The highest BCUT2D eigenvalue weighted by Crippen LogP contribution is 2.35. The molecule has 0 aliphatic carbocycles. The van der Waals surface area contributed by atoms with Gasteiger partial charge in [0.2, 0.25) is 5.91 Å². The van der Waals surface area contributed by atoms with Crippen LogP contribution in [0.3, 0.4) is 0 Å². The molecule has 24 heavy (non-hydrogen) atoms. The number of ether oxygens (including phenoxy) is 1. The number of hydrogen-bond donors (Lipinski definition) is 2. The lowest BCUT2D eigenvalue weighted by molar-refractivity contribution is -0.122. The van der Waals surface area contributed by atoms with Crippen molar-refractivity contribution in [2.45, 2.75) is 18.9 Å². The SMILES string of the molecule is CC(=O)NC12CCOCC1CN(C(=O)c1ccc3cc[nH]c3n1)C2. The predicted octanol–water partition coefficient (Wildman–Crippen LogP) is 0.930. The van der Waals surface area contributed by atoms with Crippen molar-refractivity contribution in [3.05, 3.63) is 30.1 Å². The van der Waals surface area contributed by atoms with Crippen LogP contribution in [0, 0.1) is 5.92 Å². The molecule has 2 saturated heterocycles. The normalized spacial score (nSPS) is 26.4. The molecule has 2 aromatic rings. The molecule has 2 aromatic heterocycles. The van der Waals surface area contributed by atoms with Crippen molar-refractivity contribution < 1.29 is 14.3 Å². The Labute approximate surface area is 139 Å². The van der Waals surface area contributed by atoms with Gasteiger partial charge in [0.25, 0.3) is 5.91 Å². The Morgan fingerprint density at radius 3 is 3.12 bits per heavy atom. The number of nitrogens with one attached hydrogen (secondary N) is 2. The molecule has 2 amide bonds. The Kier molecular flexibility index (Phi) is 3.53. The smallest absolute Gasteiger partial charge is 0.272 e. The first-order valence-corrected chi connectivity index (χ1v) is 8.17. The maximum absolute atomic E-state index is 12.9. The molecule has 0 aromatic carbocycles. The molecule has 7 heteroatoms. The Hall–Kier alpha value is -2.41. The van der Waals surface area contributed by atoms with Gasteiger partial charge < -0.3 is 19.9 Å². The molecular formula is C17H20N4O3. The number of rotatable bonds is 2. The van der Waals surface area contributed by atoms with Crippen LogP contribution < -0.4 is 5.32 Å². The fourth-order valence-corrected chi connectivity index (χ4v) is 3.87. The van der Waals surface area contributed by atoms with Gasteiger partial charge in [-0.15, -0.1) is 0 Å². The highest BCUT2D eigenvalue weighted by molar-refractivity contribution is 5.94. The number of aromatic amines is 1. The van der Waals surface area contributed by atoms with Crippen molar-refractivity contribution >= 4 is 22.8 Å². The topological polar surface area (TPSA) is 87.3 Å². The minimum absolute atomic E-state index is 0.0675. The van der Waals surface area contributed by atoms with Crippen LogP contribution in [-0.2, 0) is 9.53 Å². The first-order valence-electron chi connectivity index (χ1n) is 8.17. The molecule has 7 nitrogen and oxygen atoms in total. The van der Waals surface area contributed by atoms with Gasteiger partial charge >= 0.3 is 0 Å². The number of hydrogen-bond acceptors (Lipinski definition) is 4. The largest absolute Gasteiger partial charge is 0.381 e. The average Bonchev–Trinajstić information content (AvgIpc) is 3.16. The van der Waals surface area contributed by atoms with Crippen LogP contribution in [0.4, 0.5) is 0 Å². The van der Waals surface area contributed by atoms with Gasteiger partial charge in [-0.25, -0.2) is 4.98 Å². The Balaban J connectivity index is 1.60. The summed E-state index contributed by atoms with van der Waals surface area (Å²) in [6.07, 6.45) is 2.53. The lowest BCUT2D eigenvalue weighted by Gasteiger charge is -2.38. The van der Waals surface area contributed by atoms with Crippen LogP contribution in [0.1, 0.15) is 23.8 Å². The summed E-state index contributed by atoms with van der Waals surface area (Å²) in [6, 6.07) is 5.56. The Morgan fingerprint density at radius 1 is 1.42 bits per heavy atom. The van der Waals surface area contributed by atoms with Crippen LogP contribution in [0.15, 0.2) is 24.4 Å². The van der Waals surface area contributed by atoms with Gasteiger partial charge in [-0.1, -0.05) is 0 Å². The van der Waals surface area contributed by atoms with E-state index in [2.05, 4.69) is 15.3 Å². The van der Waals surface area contributed by atoms with Crippen molar-refractivity contribution in [2.75, 3.05) is 26.3 Å². The van der Waals surface area contributed by atoms with Crippen LogP contribution in [0.2, 0.25) is 0 Å². The van der Waals surface area contributed by atoms with E-state index in [1.807, 2.05) is 12.1 Å². The van der Waals surface area contributed by atoms with Crippen LogP contribution >= 0.6 is 0 Å². The molecule has 4 rings (SSSR count). The van der Waals surface area contributed by atoms with Gasteiger partial charge in [0.1, 0.15) is 11.3 Å². The van der Waals surface area contributed by atoms with E-state index in [9.17, 15) is 9.59 Å². The van der Waals surface area contributed by atoms with Gasteiger partial charge in [0, 0.05) is 44.1 Å². The number of H-pyrrole nitrogens is 1. The third-order valence-corrected chi connectivity index (χ3v) is 5.05. The molecule has 4 heterocycles. The lowest BCUT2D eigenvalue weighted by atomic mass is 9.83. The summed E-state index contributed by atoms with van der Waals surface area (Å²) in [5.41, 5.74) is 0.746. The maximum Gasteiger partial charge on any atom is 0.272 e. The first-order chi connectivity index (χ1) is 11.6. The summed E-state index contributed by atoms with van der Waals surface area (Å²) in [7, 11) is 0. The highest BCUT2D eigenvalue weighted by Gasteiger charge is 2.50. The molecule has 2 fully saturated rings. The summed E-state index contributed by atoms with van der Waals surface area (Å²) in [6.45, 7) is 3.76. The van der Waals surface area contributed by atoms with E-state index in [0.717, 1.165) is 11.8 Å². The number of fused-ring (bicyclic) bond motifs is 2. The Morgan fingerprint density at radius 2 is 2.29 bits per heavy atom. The van der Waals surface area contributed by atoms with Crippen LogP contribution in [0.25, 0.3) is 11.0 Å². The Bertz CT molecular complexity index is 802. The quantitative estimate of drug-likeness (QED) is 0.858. The second kappa shape index (κ2) is 5.59. The van der Waals surface area contributed by atoms with E-state index in [1.54, 1.807) is 17.2 Å². The summed E-state index contributed by atoms with van der Waals surface area (Å²) >= 11 is 0. The van der Waals surface area contributed by atoms with Crippen molar-refractivity contribution in [3.8, 4) is 0 Å². The summed E-state index contributed by atoms with van der Waals surface area (Å²) in [5.74, 6) is -0.0546. The van der Waals surface area contributed by atoms with Gasteiger partial charge in [0.05, 0.1) is 12.1 Å². The first kappa shape index (κ1) is 15.1. The zero-order valence-corrected chi connectivity index (χ0v) is 13.5.